The lowest BCUT2D eigenvalue weighted by molar-refractivity contribution is 0.0565. The van der Waals surface area contributed by atoms with E-state index in [1.165, 1.54) is 11.3 Å². The van der Waals surface area contributed by atoms with E-state index in [-0.39, 0.29) is 18.1 Å². The zero-order valence-electron chi connectivity index (χ0n) is 15.5. The number of aliphatic hydroxyl groups is 1. The van der Waals surface area contributed by atoms with Gasteiger partial charge in [0, 0.05) is 38.8 Å². The molecular formula is C18H32N4O2. The molecule has 2 rings (SSSR count). The van der Waals surface area contributed by atoms with Crippen LogP contribution in [0.5, 0.6) is 0 Å². The molecule has 1 aliphatic carbocycles. The van der Waals surface area contributed by atoms with E-state index in [2.05, 4.69) is 17.3 Å². The van der Waals surface area contributed by atoms with Gasteiger partial charge in [0.1, 0.15) is 0 Å². The summed E-state index contributed by atoms with van der Waals surface area (Å²) >= 11 is 0. The molecule has 1 aliphatic rings. The Kier molecular flexibility index (Phi) is 6.66. The minimum absolute atomic E-state index is 0.0487. The Morgan fingerprint density at radius 3 is 2.71 bits per heavy atom. The highest BCUT2D eigenvalue weighted by Gasteiger charge is 2.25. The Morgan fingerprint density at radius 2 is 2.08 bits per heavy atom. The lowest BCUT2D eigenvalue weighted by Gasteiger charge is -2.31. The maximum absolute atomic E-state index is 12.2. The van der Waals surface area contributed by atoms with Gasteiger partial charge < -0.3 is 15.3 Å². The number of aryl methyl sites for hydroxylation is 2. The molecule has 2 atom stereocenters. The van der Waals surface area contributed by atoms with Crippen LogP contribution in [0, 0.1) is 19.8 Å². The summed E-state index contributed by atoms with van der Waals surface area (Å²) in [4.78, 5) is 13.9. The molecule has 1 fully saturated rings. The van der Waals surface area contributed by atoms with Gasteiger partial charge in [0.2, 0.25) is 0 Å². The topological polar surface area (TPSA) is 70.4 Å². The highest BCUT2D eigenvalue weighted by atomic mass is 16.3. The zero-order chi connectivity index (χ0) is 17.7. The number of urea groups is 1. The van der Waals surface area contributed by atoms with E-state index >= 15 is 0 Å². The monoisotopic (exact) mass is 336 g/mol. The minimum atomic E-state index is -0.259. The molecule has 0 bridgehead atoms. The number of amides is 2. The fraction of sp³-hybridized carbons (Fsp3) is 0.778. The second-order valence-electron chi connectivity index (χ2n) is 7.10. The zero-order valence-corrected chi connectivity index (χ0v) is 15.5. The summed E-state index contributed by atoms with van der Waals surface area (Å²) in [5.41, 5.74) is 3.55. The summed E-state index contributed by atoms with van der Waals surface area (Å²) in [5, 5.41) is 17.4. The summed E-state index contributed by atoms with van der Waals surface area (Å²) in [6, 6.07) is -0.0487. The van der Waals surface area contributed by atoms with E-state index in [9.17, 15) is 9.90 Å². The lowest BCUT2D eigenvalue weighted by Crippen LogP contribution is -2.43. The van der Waals surface area contributed by atoms with Gasteiger partial charge in [0.15, 0.2) is 0 Å². The standard InChI is InChI=1S/C18H32N4O2/c1-13-16(14(2)22(4)20-13)9-7-11-19-18(24)21(3)12-15-8-5-6-10-17(15)23/h15,17,23H,5-12H2,1-4H3,(H,19,24). The van der Waals surface area contributed by atoms with Gasteiger partial charge in [-0.15, -0.1) is 0 Å². The van der Waals surface area contributed by atoms with Crippen LogP contribution in [-0.4, -0.2) is 52.1 Å². The molecule has 0 aliphatic heterocycles. The van der Waals surface area contributed by atoms with Gasteiger partial charge in [0.25, 0.3) is 0 Å². The highest BCUT2D eigenvalue weighted by molar-refractivity contribution is 5.73. The first-order chi connectivity index (χ1) is 11.4. The van der Waals surface area contributed by atoms with Crippen molar-refractivity contribution in [2.75, 3.05) is 20.1 Å². The van der Waals surface area contributed by atoms with Gasteiger partial charge in [-0.2, -0.15) is 5.10 Å². The third-order valence-electron chi connectivity index (χ3n) is 5.26. The Labute approximate surface area is 145 Å². The van der Waals surface area contributed by atoms with Crippen LogP contribution < -0.4 is 5.32 Å². The third kappa shape index (κ3) is 4.72. The molecule has 0 spiro atoms. The lowest BCUT2D eigenvalue weighted by atomic mass is 9.86. The first kappa shape index (κ1) is 18.8. The summed E-state index contributed by atoms with van der Waals surface area (Å²) in [6.45, 7) is 5.40. The number of carbonyl (C=O) groups excluding carboxylic acids is 1. The Bertz CT molecular complexity index is 555. The maximum atomic E-state index is 12.2. The van der Waals surface area contributed by atoms with Crippen molar-refractivity contribution in [3.8, 4) is 0 Å². The molecular weight excluding hydrogens is 304 g/mol. The van der Waals surface area contributed by atoms with Crippen LogP contribution in [0.3, 0.4) is 0 Å². The van der Waals surface area contributed by atoms with E-state index in [4.69, 9.17) is 0 Å². The number of carbonyl (C=O) groups is 1. The van der Waals surface area contributed by atoms with Gasteiger partial charge in [0.05, 0.1) is 11.8 Å². The summed E-state index contributed by atoms with van der Waals surface area (Å²) in [5.74, 6) is 0.218. The van der Waals surface area contributed by atoms with Crippen LogP contribution in [0.4, 0.5) is 4.79 Å². The van der Waals surface area contributed by atoms with Crippen molar-refractivity contribution in [1.82, 2.24) is 20.0 Å². The Balaban J connectivity index is 1.70. The average molecular weight is 336 g/mol. The summed E-state index contributed by atoms with van der Waals surface area (Å²) < 4.78 is 1.91. The van der Waals surface area contributed by atoms with Crippen LogP contribution >= 0.6 is 0 Å². The van der Waals surface area contributed by atoms with Crippen LogP contribution in [-0.2, 0) is 13.5 Å². The van der Waals surface area contributed by atoms with E-state index in [1.54, 1.807) is 4.90 Å². The molecule has 24 heavy (non-hydrogen) atoms. The number of hydrogen-bond donors (Lipinski definition) is 2. The van der Waals surface area contributed by atoms with Gasteiger partial charge in [-0.1, -0.05) is 12.8 Å². The normalized spacial score (nSPS) is 20.9. The van der Waals surface area contributed by atoms with Gasteiger partial charge in [-0.3, -0.25) is 4.68 Å². The molecule has 6 heteroatoms. The van der Waals surface area contributed by atoms with Crippen molar-refractivity contribution >= 4 is 6.03 Å². The maximum Gasteiger partial charge on any atom is 0.317 e. The Hall–Kier alpha value is -1.56. The smallest absolute Gasteiger partial charge is 0.317 e. The quantitative estimate of drug-likeness (QED) is 0.782. The predicted octanol–water partition coefficient (Wildman–Crippen LogP) is 2.16. The predicted molar refractivity (Wildman–Crippen MR) is 95.0 cm³/mol. The van der Waals surface area contributed by atoms with Crippen molar-refractivity contribution in [1.29, 1.82) is 0 Å². The average Bonchev–Trinajstić information content (AvgIpc) is 2.79. The van der Waals surface area contributed by atoms with Crippen molar-refractivity contribution < 1.29 is 9.90 Å². The molecule has 6 nitrogen and oxygen atoms in total. The molecule has 136 valence electrons. The minimum Gasteiger partial charge on any atom is -0.393 e. The molecule has 1 aromatic heterocycles. The molecule has 2 unspecified atom stereocenters. The number of rotatable bonds is 6. The molecule has 2 amide bonds. The summed E-state index contributed by atoms with van der Waals surface area (Å²) in [6.07, 6.45) is 5.70. The van der Waals surface area contributed by atoms with Crippen LogP contribution in [0.25, 0.3) is 0 Å². The number of aromatic nitrogens is 2. The van der Waals surface area contributed by atoms with Crippen molar-refractivity contribution in [2.45, 2.75) is 58.5 Å². The van der Waals surface area contributed by atoms with Gasteiger partial charge in [-0.25, -0.2) is 4.79 Å². The van der Waals surface area contributed by atoms with E-state index < -0.39 is 0 Å². The molecule has 0 saturated heterocycles. The molecule has 1 aromatic rings. The van der Waals surface area contributed by atoms with E-state index in [1.807, 2.05) is 25.7 Å². The Morgan fingerprint density at radius 1 is 1.38 bits per heavy atom. The number of aliphatic hydroxyl groups excluding tert-OH is 1. The van der Waals surface area contributed by atoms with Crippen LogP contribution in [0.15, 0.2) is 0 Å². The third-order valence-corrected chi connectivity index (χ3v) is 5.26. The van der Waals surface area contributed by atoms with Crippen molar-refractivity contribution in [2.24, 2.45) is 13.0 Å². The molecule has 2 N–H and O–H groups in total. The SMILES string of the molecule is Cc1nn(C)c(C)c1CCCNC(=O)N(C)CC1CCCCC1O. The molecule has 1 heterocycles. The number of hydrogen-bond acceptors (Lipinski definition) is 3. The largest absolute Gasteiger partial charge is 0.393 e. The first-order valence-corrected chi connectivity index (χ1v) is 9.06. The fourth-order valence-electron chi connectivity index (χ4n) is 3.61. The number of nitrogens with one attached hydrogen (secondary N) is 1. The van der Waals surface area contributed by atoms with E-state index in [0.29, 0.717) is 13.1 Å². The molecule has 0 radical (unpaired) electrons. The van der Waals surface area contributed by atoms with Crippen molar-refractivity contribution in [3.63, 3.8) is 0 Å². The van der Waals surface area contributed by atoms with Crippen LogP contribution in [0.2, 0.25) is 0 Å². The van der Waals surface area contributed by atoms with Gasteiger partial charge >= 0.3 is 6.03 Å². The number of nitrogens with zero attached hydrogens (tertiary/aromatic N) is 3. The second-order valence-corrected chi connectivity index (χ2v) is 7.10. The molecule has 0 aromatic carbocycles. The highest BCUT2D eigenvalue weighted by Crippen LogP contribution is 2.24. The molecule has 1 saturated carbocycles. The van der Waals surface area contributed by atoms with Gasteiger partial charge in [-0.05, 0) is 45.1 Å². The fourth-order valence-corrected chi connectivity index (χ4v) is 3.61. The first-order valence-electron chi connectivity index (χ1n) is 9.06. The summed E-state index contributed by atoms with van der Waals surface area (Å²) in [7, 11) is 3.77. The second kappa shape index (κ2) is 8.51. The van der Waals surface area contributed by atoms with Crippen LogP contribution in [0.1, 0.15) is 49.1 Å². The van der Waals surface area contributed by atoms with Crippen molar-refractivity contribution in [3.05, 3.63) is 17.0 Å². The van der Waals surface area contributed by atoms with E-state index in [0.717, 1.165) is 44.2 Å².